The molecule has 0 aliphatic carbocycles. The van der Waals surface area contributed by atoms with Gasteiger partial charge in [-0.2, -0.15) is 0 Å². The van der Waals surface area contributed by atoms with Crippen molar-refractivity contribution in [2.24, 2.45) is 0 Å². The number of ether oxygens (including phenoxy) is 4. The molecule has 200 valence electrons. The number of hydrogen-bond acceptors (Lipinski definition) is 9. The lowest BCUT2D eigenvalue weighted by Crippen LogP contribution is -2.16. The van der Waals surface area contributed by atoms with E-state index in [4.69, 9.17) is 35.0 Å². The third kappa shape index (κ3) is 6.24. The van der Waals surface area contributed by atoms with Crippen LogP contribution in [0, 0.1) is 6.92 Å². The Hall–Kier alpha value is -3.24. The number of aromatic nitrogens is 2. The van der Waals surface area contributed by atoms with Crippen molar-refractivity contribution in [2.75, 3.05) is 20.3 Å². The minimum absolute atomic E-state index is 0.168. The van der Waals surface area contributed by atoms with Crippen LogP contribution in [0.1, 0.15) is 48.0 Å². The Labute approximate surface area is 230 Å². The standard InChI is InChI=1S/C28H29ClN2O6S/c1-6-34-17(4)36-24-15-20(14-23(33-5)25(24)29)21-12-13-22(37-21)26(32)27(35-7-2)18-8-10-19(11-9-18)28-31-30-16(3)38-28/h8-15,17,27H,6-7H2,1-5H3. The summed E-state index contributed by atoms with van der Waals surface area (Å²) in [4.78, 5) is 13.5. The number of nitrogens with zero attached hydrogens (tertiary/aromatic N) is 2. The quantitative estimate of drug-likeness (QED) is 0.134. The largest absolute Gasteiger partial charge is 0.495 e. The van der Waals surface area contributed by atoms with Crippen LogP contribution >= 0.6 is 22.9 Å². The molecule has 0 fully saturated rings. The number of rotatable bonds is 12. The number of carbonyl (C=O) groups is 1. The van der Waals surface area contributed by atoms with Gasteiger partial charge >= 0.3 is 0 Å². The van der Waals surface area contributed by atoms with Crippen molar-refractivity contribution >= 4 is 28.7 Å². The highest BCUT2D eigenvalue weighted by Crippen LogP contribution is 2.40. The summed E-state index contributed by atoms with van der Waals surface area (Å²) in [6.45, 7) is 8.25. The summed E-state index contributed by atoms with van der Waals surface area (Å²) >= 11 is 7.96. The van der Waals surface area contributed by atoms with E-state index in [1.165, 1.54) is 18.4 Å². The van der Waals surface area contributed by atoms with Gasteiger partial charge in [-0.1, -0.05) is 47.2 Å². The van der Waals surface area contributed by atoms with Crippen molar-refractivity contribution in [2.45, 2.75) is 40.1 Å². The summed E-state index contributed by atoms with van der Waals surface area (Å²) in [5, 5.41) is 10.3. The molecule has 38 heavy (non-hydrogen) atoms. The van der Waals surface area contributed by atoms with E-state index >= 15 is 0 Å². The first-order chi connectivity index (χ1) is 18.3. The van der Waals surface area contributed by atoms with Crippen molar-refractivity contribution in [3.63, 3.8) is 0 Å². The maximum atomic E-state index is 13.5. The summed E-state index contributed by atoms with van der Waals surface area (Å²) in [7, 11) is 1.52. The van der Waals surface area contributed by atoms with Gasteiger partial charge < -0.3 is 23.4 Å². The molecule has 0 saturated carbocycles. The molecule has 2 atom stereocenters. The van der Waals surface area contributed by atoms with Crippen LogP contribution in [0.15, 0.2) is 52.9 Å². The van der Waals surface area contributed by atoms with E-state index in [1.54, 1.807) is 31.2 Å². The second kappa shape index (κ2) is 12.5. The Morgan fingerprint density at radius 2 is 1.71 bits per heavy atom. The molecule has 0 amide bonds. The van der Waals surface area contributed by atoms with E-state index in [1.807, 2.05) is 45.0 Å². The maximum absolute atomic E-state index is 13.5. The second-order valence-corrected chi connectivity index (χ2v) is 9.80. The molecule has 2 unspecified atom stereocenters. The van der Waals surface area contributed by atoms with Gasteiger partial charge in [0.15, 0.2) is 12.1 Å². The average Bonchev–Trinajstić information content (AvgIpc) is 3.58. The van der Waals surface area contributed by atoms with E-state index in [-0.39, 0.29) is 11.5 Å². The smallest absolute Gasteiger partial charge is 0.231 e. The molecule has 2 heterocycles. The van der Waals surface area contributed by atoms with Crippen LogP contribution in [0.3, 0.4) is 0 Å². The highest BCUT2D eigenvalue weighted by atomic mass is 35.5. The predicted molar refractivity (Wildman–Crippen MR) is 146 cm³/mol. The zero-order chi connectivity index (χ0) is 27.2. The van der Waals surface area contributed by atoms with Crippen molar-refractivity contribution in [1.82, 2.24) is 10.2 Å². The van der Waals surface area contributed by atoms with Crippen molar-refractivity contribution < 1.29 is 28.2 Å². The third-order valence-electron chi connectivity index (χ3n) is 5.61. The number of ketones is 1. The summed E-state index contributed by atoms with van der Waals surface area (Å²) in [5.41, 5.74) is 2.28. The summed E-state index contributed by atoms with van der Waals surface area (Å²) in [6, 6.07) is 14.3. The molecule has 0 aliphatic rings. The van der Waals surface area contributed by atoms with Crippen molar-refractivity contribution in [3.05, 3.63) is 69.9 Å². The molecule has 0 radical (unpaired) electrons. The van der Waals surface area contributed by atoms with Crippen LogP contribution in [0.2, 0.25) is 5.02 Å². The Morgan fingerprint density at radius 3 is 2.34 bits per heavy atom. The molecule has 0 spiro atoms. The van der Waals surface area contributed by atoms with Gasteiger partial charge in [0, 0.05) is 24.3 Å². The monoisotopic (exact) mass is 556 g/mol. The van der Waals surface area contributed by atoms with Gasteiger partial charge in [0.05, 0.1) is 7.11 Å². The Kier molecular flexibility index (Phi) is 9.17. The van der Waals surface area contributed by atoms with Crippen LogP contribution < -0.4 is 9.47 Å². The van der Waals surface area contributed by atoms with Gasteiger partial charge in [0.2, 0.25) is 5.78 Å². The normalized spacial score (nSPS) is 12.8. The van der Waals surface area contributed by atoms with Gasteiger partial charge in [-0.3, -0.25) is 4.79 Å². The van der Waals surface area contributed by atoms with Crippen molar-refractivity contribution in [3.8, 4) is 33.4 Å². The summed E-state index contributed by atoms with van der Waals surface area (Å²) < 4.78 is 28.6. The predicted octanol–water partition coefficient (Wildman–Crippen LogP) is 7.16. The second-order valence-electron chi connectivity index (χ2n) is 8.24. The highest BCUT2D eigenvalue weighted by molar-refractivity contribution is 7.14. The van der Waals surface area contributed by atoms with Gasteiger partial charge in [0.25, 0.3) is 0 Å². The third-order valence-corrected chi connectivity index (χ3v) is 6.87. The summed E-state index contributed by atoms with van der Waals surface area (Å²) in [5.74, 6) is 1.12. The number of Topliss-reactive ketones (excluding diaryl/α,β-unsaturated/α-hetero) is 1. The minimum Gasteiger partial charge on any atom is -0.495 e. The van der Waals surface area contributed by atoms with Crippen LogP contribution in [-0.4, -0.2) is 42.6 Å². The molecule has 0 N–H and O–H groups in total. The Morgan fingerprint density at radius 1 is 1.00 bits per heavy atom. The molecule has 0 aliphatic heterocycles. The first-order valence-electron chi connectivity index (χ1n) is 12.2. The minimum atomic E-state index is -0.824. The highest BCUT2D eigenvalue weighted by Gasteiger charge is 2.26. The number of aryl methyl sites for hydroxylation is 1. The van der Waals surface area contributed by atoms with E-state index in [0.29, 0.717) is 46.6 Å². The molecule has 4 rings (SSSR count). The molecule has 2 aromatic heterocycles. The van der Waals surface area contributed by atoms with Gasteiger partial charge in [-0.25, -0.2) is 0 Å². The molecule has 0 bridgehead atoms. The first kappa shape index (κ1) is 27.8. The number of hydrogen-bond donors (Lipinski definition) is 0. The number of benzene rings is 2. The molecular formula is C28H29ClN2O6S. The Balaban J connectivity index is 1.60. The molecule has 0 saturated heterocycles. The lowest BCUT2D eigenvalue weighted by atomic mass is 10.0. The SMILES string of the molecule is CCOC(C)Oc1cc(-c2ccc(C(=O)C(OCC)c3ccc(-c4nnc(C)s4)cc3)o2)cc(OC)c1Cl. The van der Waals surface area contributed by atoms with Crippen LogP contribution in [0.4, 0.5) is 0 Å². The number of halogens is 1. The average molecular weight is 557 g/mol. The molecule has 10 heteroatoms. The number of methoxy groups -OCH3 is 1. The van der Waals surface area contributed by atoms with Gasteiger partial charge in [-0.05, 0) is 57.5 Å². The fourth-order valence-corrected chi connectivity index (χ4v) is 4.78. The number of carbonyl (C=O) groups excluding carboxylic acids is 1. The van der Waals surface area contributed by atoms with Crippen LogP contribution in [0.25, 0.3) is 21.9 Å². The zero-order valence-corrected chi connectivity index (χ0v) is 23.4. The van der Waals surface area contributed by atoms with Crippen molar-refractivity contribution in [1.29, 1.82) is 0 Å². The fourth-order valence-electron chi connectivity index (χ4n) is 3.85. The van der Waals surface area contributed by atoms with E-state index in [9.17, 15) is 4.79 Å². The first-order valence-corrected chi connectivity index (χ1v) is 13.4. The van der Waals surface area contributed by atoms with E-state index in [2.05, 4.69) is 10.2 Å². The molecule has 2 aromatic carbocycles. The Bertz CT molecular complexity index is 1380. The maximum Gasteiger partial charge on any atom is 0.231 e. The molecule has 8 nitrogen and oxygen atoms in total. The molecule has 4 aromatic rings. The lowest BCUT2D eigenvalue weighted by molar-refractivity contribution is -0.0613. The van der Waals surface area contributed by atoms with Gasteiger partial charge in [0.1, 0.15) is 38.4 Å². The topological polar surface area (TPSA) is 92.9 Å². The summed E-state index contributed by atoms with van der Waals surface area (Å²) in [6.07, 6.45) is -1.34. The molecular weight excluding hydrogens is 528 g/mol. The van der Waals surface area contributed by atoms with Gasteiger partial charge in [-0.15, -0.1) is 10.2 Å². The number of furan rings is 1. The van der Waals surface area contributed by atoms with Crippen LogP contribution in [0.5, 0.6) is 11.5 Å². The van der Waals surface area contributed by atoms with E-state index < -0.39 is 12.4 Å². The fraction of sp³-hybridized carbons (Fsp3) is 0.321. The van der Waals surface area contributed by atoms with E-state index in [0.717, 1.165) is 15.6 Å². The zero-order valence-electron chi connectivity index (χ0n) is 21.8. The lowest BCUT2D eigenvalue weighted by Gasteiger charge is -2.17. The van der Waals surface area contributed by atoms with Crippen LogP contribution in [-0.2, 0) is 9.47 Å².